The van der Waals surface area contributed by atoms with Crippen LogP contribution in [0.5, 0.6) is 0 Å². The quantitative estimate of drug-likeness (QED) is 0.0296. The predicted molar refractivity (Wildman–Crippen MR) is 316 cm³/mol. The molecule has 0 bridgehead atoms. The molecular formula is C64H102O32. The Morgan fingerprint density at radius 2 is 1.03 bits per heavy atom. The fourth-order valence-electron chi connectivity index (χ4n) is 18.8. The number of allylic oxidation sites excluding steroid dienone is 2. The summed E-state index contributed by atoms with van der Waals surface area (Å²) in [5.74, 6) is -2.08. The Labute approximate surface area is 554 Å². The van der Waals surface area contributed by atoms with Crippen molar-refractivity contribution >= 4 is 12.3 Å². The molecular weight excluding hydrogens is 1280 g/mol. The average molecular weight is 1380 g/mol. The van der Waals surface area contributed by atoms with Crippen molar-refractivity contribution in [3.63, 3.8) is 0 Å². The minimum absolute atomic E-state index is 0.0881. The lowest BCUT2D eigenvalue weighted by atomic mass is 9.33. The van der Waals surface area contributed by atoms with Gasteiger partial charge in [-0.1, -0.05) is 53.2 Å². The van der Waals surface area contributed by atoms with E-state index in [1.165, 1.54) is 6.92 Å². The van der Waals surface area contributed by atoms with Crippen molar-refractivity contribution in [1.29, 1.82) is 0 Å². The average Bonchev–Trinajstić information content (AvgIpc) is 0.671. The van der Waals surface area contributed by atoms with Gasteiger partial charge < -0.3 is 154 Å². The SMILES string of the molecule is CC1OC(OC2C(OC(=O)C34CCC(C)(C)CC3C3=CCC5C6(C)CCC(OC7OC(CO)C(O)C(OC8OC(CO)C(O)C(O)C8O)C7OC7OC(CO)C(O)C(O)C7O)C(C)(C=O)C6CCC5(C)C3(C)CC4O)OCC(O)C2O)C(O)C(O)C1OC1OCC(O)C(O)C1O. The van der Waals surface area contributed by atoms with Gasteiger partial charge in [0, 0.05) is 0 Å². The number of ether oxygens (including phenoxy) is 12. The van der Waals surface area contributed by atoms with Crippen LogP contribution in [0.15, 0.2) is 11.6 Å². The second-order valence-corrected chi connectivity index (χ2v) is 30.7. The maximum Gasteiger partial charge on any atom is 0.317 e. The lowest BCUT2D eigenvalue weighted by Crippen LogP contribution is -2.69. The standard InChI is InChI=1S/C64H102O32/c1-24-48(92-52-44(80)36(72)27(69)21-85-52)43(79)47(83)53(87-24)94-50-37(73)28(70)22-86-56(50)96-58(84)64-15-14-59(2,3)16-26(64)25-8-9-33-60(4)12-11-35(61(5,23-68)32(60)10-13-62(33,6)63(25,7)17-34(64)71)91-57-51(95-55-46(82)42(78)39(75)30(19-66)89-55)49(40(76)31(20-67)90-57)93-54-45(81)41(77)38(74)29(18-65)88-54/h8,23-24,26-57,65-67,69-83H,9-22H2,1-7H3. The molecule has 5 aliphatic carbocycles. The second-order valence-electron chi connectivity index (χ2n) is 30.7. The number of carbonyl (C=O) groups is 2. The van der Waals surface area contributed by atoms with Gasteiger partial charge in [0.2, 0.25) is 6.29 Å². The first-order chi connectivity index (χ1) is 45.1. The molecule has 550 valence electrons. The minimum Gasteiger partial charge on any atom is -0.432 e. The first-order valence-corrected chi connectivity index (χ1v) is 33.7. The summed E-state index contributed by atoms with van der Waals surface area (Å²) in [6.07, 6.45) is -44.9. The van der Waals surface area contributed by atoms with E-state index in [2.05, 4.69) is 40.7 Å². The molecule has 38 unspecified atom stereocenters. The highest BCUT2D eigenvalue weighted by Gasteiger charge is 2.73. The Hall–Kier alpha value is -2.28. The van der Waals surface area contributed by atoms with Crippen molar-refractivity contribution in [2.24, 2.45) is 50.2 Å². The molecule has 11 aliphatic rings. The van der Waals surface area contributed by atoms with Crippen LogP contribution in [-0.4, -0.2) is 321 Å². The van der Waals surface area contributed by atoms with Crippen LogP contribution in [0.25, 0.3) is 0 Å². The maximum absolute atomic E-state index is 15.5. The maximum atomic E-state index is 15.5. The summed E-state index contributed by atoms with van der Waals surface area (Å²) in [5, 5.41) is 197. The summed E-state index contributed by atoms with van der Waals surface area (Å²) in [6.45, 7) is 10.3. The molecule has 38 atom stereocenters. The van der Waals surface area contributed by atoms with Gasteiger partial charge in [0.1, 0.15) is 134 Å². The Kier molecular flexibility index (Phi) is 21.9. The molecule has 96 heavy (non-hydrogen) atoms. The first-order valence-electron chi connectivity index (χ1n) is 33.7. The Bertz CT molecular complexity index is 2730. The molecule has 32 nitrogen and oxygen atoms in total. The topological polar surface area (TPSA) is 509 Å². The van der Waals surface area contributed by atoms with E-state index in [-0.39, 0.29) is 30.6 Å². The molecule has 18 N–H and O–H groups in total. The minimum atomic E-state index is -2.03. The number of carbonyl (C=O) groups excluding carboxylic acids is 2. The van der Waals surface area contributed by atoms with E-state index in [4.69, 9.17) is 56.8 Å². The normalized spacial score (nSPS) is 55.1. The summed E-state index contributed by atoms with van der Waals surface area (Å²) in [5.41, 5.74) is -4.40. The summed E-state index contributed by atoms with van der Waals surface area (Å²) >= 11 is 0. The van der Waals surface area contributed by atoms with Crippen molar-refractivity contribution in [2.75, 3.05) is 33.0 Å². The van der Waals surface area contributed by atoms with E-state index in [1.807, 2.05) is 0 Å². The van der Waals surface area contributed by atoms with Crippen LogP contribution >= 0.6 is 0 Å². The van der Waals surface area contributed by atoms with Crippen molar-refractivity contribution in [2.45, 2.75) is 290 Å². The van der Waals surface area contributed by atoms with Crippen molar-refractivity contribution < 1.29 is 158 Å². The molecule has 32 heteroatoms. The third kappa shape index (κ3) is 12.5. The van der Waals surface area contributed by atoms with Gasteiger partial charge in [-0.15, -0.1) is 0 Å². The number of aldehydes is 1. The molecule has 6 aliphatic heterocycles. The molecule has 6 saturated heterocycles. The Morgan fingerprint density at radius 3 is 1.64 bits per heavy atom. The third-order valence-electron chi connectivity index (χ3n) is 24.8. The summed E-state index contributed by atoms with van der Waals surface area (Å²) in [7, 11) is 0. The van der Waals surface area contributed by atoms with Crippen LogP contribution in [0.1, 0.15) is 106 Å². The lowest BCUT2D eigenvalue weighted by Gasteiger charge is -2.71. The molecule has 4 saturated carbocycles. The highest BCUT2D eigenvalue weighted by atomic mass is 16.8. The number of fused-ring (bicyclic) bond motifs is 7. The zero-order chi connectivity index (χ0) is 70.0. The van der Waals surface area contributed by atoms with Gasteiger partial charge in [0.15, 0.2) is 37.6 Å². The van der Waals surface area contributed by atoms with E-state index < -0.39 is 262 Å². The smallest absolute Gasteiger partial charge is 0.317 e. The summed E-state index contributed by atoms with van der Waals surface area (Å²) < 4.78 is 72.2. The third-order valence-corrected chi connectivity index (χ3v) is 24.8. The van der Waals surface area contributed by atoms with Crippen molar-refractivity contribution in [1.82, 2.24) is 0 Å². The molecule has 10 fully saturated rings. The van der Waals surface area contributed by atoms with Crippen LogP contribution in [-0.2, 0) is 66.4 Å². The fraction of sp³-hybridized carbons (Fsp3) is 0.938. The zero-order valence-corrected chi connectivity index (χ0v) is 54.9. The number of esters is 1. The fourth-order valence-corrected chi connectivity index (χ4v) is 18.8. The number of hydrogen-bond acceptors (Lipinski definition) is 32. The highest BCUT2D eigenvalue weighted by molar-refractivity contribution is 5.80. The molecule has 0 aromatic heterocycles. The van der Waals surface area contributed by atoms with Gasteiger partial charge in [-0.2, -0.15) is 0 Å². The van der Waals surface area contributed by atoms with Crippen LogP contribution in [0.2, 0.25) is 0 Å². The largest absolute Gasteiger partial charge is 0.432 e. The van der Waals surface area contributed by atoms with Gasteiger partial charge in [-0.25, -0.2) is 0 Å². The number of rotatable bonds is 16. The van der Waals surface area contributed by atoms with E-state index >= 15 is 4.79 Å². The van der Waals surface area contributed by atoms with Gasteiger partial charge in [0.25, 0.3) is 0 Å². The van der Waals surface area contributed by atoms with E-state index in [0.29, 0.717) is 38.5 Å². The van der Waals surface area contributed by atoms with Crippen LogP contribution in [0.4, 0.5) is 0 Å². The molecule has 0 radical (unpaired) electrons. The van der Waals surface area contributed by atoms with E-state index in [9.17, 15) is 96.7 Å². The van der Waals surface area contributed by atoms with E-state index in [1.54, 1.807) is 6.92 Å². The molecule has 0 aromatic carbocycles. The molecule has 0 spiro atoms. The van der Waals surface area contributed by atoms with Crippen molar-refractivity contribution in [3.05, 3.63) is 11.6 Å². The molecule has 6 heterocycles. The first kappa shape index (κ1) is 74.9. The zero-order valence-electron chi connectivity index (χ0n) is 54.9. The second kappa shape index (κ2) is 28.1. The number of hydrogen-bond donors (Lipinski definition) is 18. The number of aliphatic hydroxyl groups excluding tert-OH is 18. The number of aliphatic hydroxyl groups is 18. The van der Waals surface area contributed by atoms with Crippen molar-refractivity contribution in [3.8, 4) is 0 Å². The summed E-state index contributed by atoms with van der Waals surface area (Å²) in [4.78, 5) is 29.7. The van der Waals surface area contributed by atoms with Gasteiger partial charge in [-0.3, -0.25) is 4.79 Å². The van der Waals surface area contributed by atoms with E-state index in [0.717, 1.165) is 11.9 Å². The van der Waals surface area contributed by atoms with Crippen LogP contribution < -0.4 is 0 Å². The Morgan fingerprint density at radius 1 is 0.510 bits per heavy atom. The predicted octanol–water partition coefficient (Wildman–Crippen LogP) is -5.93. The van der Waals surface area contributed by atoms with Gasteiger partial charge in [-0.05, 0) is 104 Å². The molecule has 0 amide bonds. The highest BCUT2D eigenvalue weighted by Crippen LogP contribution is 2.76. The van der Waals surface area contributed by atoms with Gasteiger partial charge in [0.05, 0.1) is 56.8 Å². The van der Waals surface area contributed by atoms with Crippen LogP contribution in [0.3, 0.4) is 0 Å². The Balaban J connectivity index is 0.848. The summed E-state index contributed by atoms with van der Waals surface area (Å²) in [6, 6.07) is 0. The molecule has 0 aromatic rings. The lowest BCUT2D eigenvalue weighted by molar-refractivity contribution is -0.399. The van der Waals surface area contributed by atoms with Crippen LogP contribution in [0, 0.1) is 50.2 Å². The van der Waals surface area contributed by atoms with Gasteiger partial charge >= 0.3 is 5.97 Å². The molecule has 11 rings (SSSR count). The monoisotopic (exact) mass is 1380 g/mol.